The van der Waals surface area contributed by atoms with Gasteiger partial charge in [0.05, 0.1) is 11.1 Å². The van der Waals surface area contributed by atoms with E-state index < -0.39 is 17.6 Å². The molecule has 0 radical (unpaired) electrons. The van der Waals surface area contributed by atoms with Crippen molar-refractivity contribution in [2.75, 3.05) is 0 Å². The molecule has 0 spiro atoms. The topological polar surface area (TPSA) is 83.8 Å². The van der Waals surface area contributed by atoms with E-state index in [1.165, 1.54) is 6.20 Å². The van der Waals surface area contributed by atoms with Crippen LogP contribution in [0.25, 0.3) is 11.0 Å². The van der Waals surface area contributed by atoms with Gasteiger partial charge >= 0.3 is 6.18 Å². The van der Waals surface area contributed by atoms with Gasteiger partial charge in [-0.1, -0.05) is 0 Å². The van der Waals surface area contributed by atoms with Crippen molar-refractivity contribution in [3.63, 3.8) is 0 Å². The Hall–Kier alpha value is -2.09. The summed E-state index contributed by atoms with van der Waals surface area (Å²) in [5.41, 5.74) is 1.14. The summed E-state index contributed by atoms with van der Waals surface area (Å²) >= 11 is 0. The van der Waals surface area contributed by atoms with Gasteiger partial charge < -0.3 is 4.98 Å². The van der Waals surface area contributed by atoms with E-state index in [-0.39, 0.29) is 16.6 Å². The quantitative estimate of drug-likeness (QED) is 0.400. The number of nitrogens with one attached hydrogen (secondary N) is 2. The molecule has 8 heteroatoms. The molecule has 17 heavy (non-hydrogen) atoms. The third kappa shape index (κ3) is 1.94. The lowest BCUT2D eigenvalue weighted by molar-refractivity contribution is -0.137. The lowest BCUT2D eigenvalue weighted by Gasteiger charge is -2.05. The highest BCUT2D eigenvalue weighted by Crippen LogP contribution is 2.31. The van der Waals surface area contributed by atoms with Crippen molar-refractivity contribution in [2.45, 2.75) is 6.18 Å². The predicted octanol–water partition coefficient (Wildman–Crippen LogP) is 1.19. The molecule has 2 heterocycles. The minimum atomic E-state index is -4.51. The monoisotopic (exact) mass is 244 g/mol. The zero-order valence-electron chi connectivity index (χ0n) is 8.30. The van der Waals surface area contributed by atoms with Crippen LogP contribution in [-0.4, -0.2) is 15.9 Å². The fourth-order valence-corrected chi connectivity index (χ4v) is 1.42. The second-order valence-corrected chi connectivity index (χ2v) is 3.29. The smallest absolute Gasteiger partial charge is 0.345 e. The Morgan fingerprint density at radius 1 is 1.47 bits per heavy atom. The van der Waals surface area contributed by atoms with Crippen LogP contribution in [0.4, 0.5) is 13.2 Å². The Morgan fingerprint density at radius 2 is 2.18 bits per heavy atom. The van der Waals surface area contributed by atoms with Crippen LogP contribution in [0.3, 0.4) is 0 Å². The second kappa shape index (κ2) is 3.74. The Morgan fingerprint density at radius 3 is 2.76 bits per heavy atom. The molecule has 0 aromatic carbocycles. The van der Waals surface area contributed by atoms with E-state index in [1.54, 1.807) is 0 Å². The number of H-pyrrole nitrogens is 1. The average Bonchev–Trinajstić information content (AvgIpc) is 2.69. The number of aromatic amines is 1. The van der Waals surface area contributed by atoms with Gasteiger partial charge in [0.2, 0.25) is 0 Å². The second-order valence-electron chi connectivity index (χ2n) is 3.29. The van der Waals surface area contributed by atoms with Gasteiger partial charge in [-0.2, -0.15) is 13.2 Å². The van der Waals surface area contributed by atoms with Crippen LogP contribution >= 0.6 is 0 Å². The molecule has 1 amide bonds. The third-order valence-corrected chi connectivity index (χ3v) is 2.23. The molecular formula is C9H7F3N4O. The van der Waals surface area contributed by atoms with Crippen LogP contribution < -0.4 is 11.3 Å². The number of hydrogen-bond donors (Lipinski definition) is 3. The highest BCUT2D eigenvalue weighted by molar-refractivity contribution is 6.05. The number of rotatable bonds is 1. The van der Waals surface area contributed by atoms with Gasteiger partial charge in [-0.15, -0.1) is 0 Å². The zero-order valence-corrected chi connectivity index (χ0v) is 8.30. The Balaban J connectivity index is 2.62. The molecular weight excluding hydrogens is 237 g/mol. The first-order chi connectivity index (χ1) is 7.93. The number of nitrogen functional groups attached to an aromatic ring is 1. The van der Waals surface area contributed by atoms with Gasteiger partial charge in [0.25, 0.3) is 5.91 Å². The molecule has 0 unspecified atom stereocenters. The molecule has 5 nitrogen and oxygen atoms in total. The fourth-order valence-electron chi connectivity index (χ4n) is 1.42. The number of alkyl halides is 3. The molecule has 0 saturated heterocycles. The molecule has 0 atom stereocenters. The Labute approximate surface area is 92.8 Å². The number of hydrogen-bond acceptors (Lipinski definition) is 3. The number of carbonyl (C=O) groups is 1. The molecule has 2 aromatic rings. The van der Waals surface area contributed by atoms with Crippen molar-refractivity contribution >= 4 is 16.9 Å². The van der Waals surface area contributed by atoms with Gasteiger partial charge in [-0.05, 0) is 6.07 Å². The number of fused-ring (bicyclic) bond motifs is 1. The van der Waals surface area contributed by atoms with Gasteiger partial charge in [-0.25, -0.2) is 10.8 Å². The number of amides is 1. The number of carbonyl (C=O) groups excluding carboxylic acids is 1. The van der Waals surface area contributed by atoms with Crippen LogP contribution in [0, 0.1) is 0 Å². The number of pyridine rings is 1. The first-order valence-corrected chi connectivity index (χ1v) is 4.48. The highest BCUT2D eigenvalue weighted by atomic mass is 19.4. The van der Waals surface area contributed by atoms with E-state index in [0.717, 1.165) is 6.07 Å². The number of nitrogens with zero attached hydrogens (tertiary/aromatic N) is 1. The Bertz CT molecular complexity index is 575. The van der Waals surface area contributed by atoms with Crippen molar-refractivity contribution in [3.8, 4) is 0 Å². The van der Waals surface area contributed by atoms with Crippen LogP contribution in [0.15, 0.2) is 18.5 Å². The number of halogens is 3. The first kappa shape index (κ1) is 11.4. The van der Waals surface area contributed by atoms with Crippen molar-refractivity contribution in [3.05, 3.63) is 29.6 Å². The molecule has 0 saturated carbocycles. The fraction of sp³-hybridized carbons (Fsp3) is 0.111. The van der Waals surface area contributed by atoms with E-state index in [1.807, 2.05) is 5.43 Å². The Kier molecular flexibility index (Phi) is 2.50. The van der Waals surface area contributed by atoms with Crippen LogP contribution in [-0.2, 0) is 6.18 Å². The van der Waals surface area contributed by atoms with Gasteiger partial charge in [0.1, 0.15) is 5.65 Å². The van der Waals surface area contributed by atoms with E-state index in [2.05, 4.69) is 9.97 Å². The van der Waals surface area contributed by atoms with Crippen molar-refractivity contribution in [1.29, 1.82) is 0 Å². The summed E-state index contributed by atoms with van der Waals surface area (Å²) in [5, 5.41) is 0.0720. The molecule has 0 bridgehead atoms. The minimum Gasteiger partial charge on any atom is -0.345 e. The SMILES string of the molecule is NNC(=O)c1c[nH]c2ncc(C(F)(F)F)cc12. The molecule has 0 aliphatic heterocycles. The molecule has 2 rings (SSSR count). The van der Waals surface area contributed by atoms with Crippen LogP contribution in [0.1, 0.15) is 15.9 Å². The molecule has 0 aliphatic carbocycles. The largest absolute Gasteiger partial charge is 0.417 e. The lowest BCUT2D eigenvalue weighted by Crippen LogP contribution is -2.29. The summed E-state index contributed by atoms with van der Waals surface area (Å²) in [6.07, 6.45) is -2.56. The van der Waals surface area contributed by atoms with Crippen molar-refractivity contribution < 1.29 is 18.0 Å². The molecule has 0 fully saturated rings. The molecule has 2 aromatic heterocycles. The summed E-state index contributed by atoms with van der Waals surface area (Å²) in [6, 6.07) is 0.851. The summed E-state index contributed by atoms with van der Waals surface area (Å²) < 4.78 is 37.4. The standard InChI is InChI=1S/C9H7F3N4O/c10-9(11,12)4-1-5-6(8(17)16-13)3-15-7(5)14-2-4/h1-3H,13H2,(H,14,15)(H,16,17). The maximum absolute atomic E-state index is 12.5. The molecule has 90 valence electrons. The van der Waals surface area contributed by atoms with Gasteiger partial charge in [-0.3, -0.25) is 10.2 Å². The highest BCUT2D eigenvalue weighted by Gasteiger charge is 2.31. The van der Waals surface area contributed by atoms with E-state index >= 15 is 0 Å². The van der Waals surface area contributed by atoms with Crippen LogP contribution in [0.5, 0.6) is 0 Å². The minimum absolute atomic E-state index is 0.0149. The maximum Gasteiger partial charge on any atom is 0.417 e. The summed E-state index contributed by atoms with van der Waals surface area (Å²) in [6.45, 7) is 0. The maximum atomic E-state index is 12.5. The van der Waals surface area contributed by atoms with Crippen LogP contribution in [0.2, 0.25) is 0 Å². The summed E-state index contributed by atoms with van der Waals surface area (Å²) in [4.78, 5) is 17.5. The molecule has 0 aliphatic rings. The normalized spacial score (nSPS) is 11.8. The predicted molar refractivity (Wildman–Crippen MR) is 52.7 cm³/mol. The average molecular weight is 244 g/mol. The molecule has 4 N–H and O–H groups in total. The van der Waals surface area contributed by atoms with Gasteiger partial charge in [0.15, 0.2) is 0 Å². The first-order valence-electron chi connectivity index (χ1n) is 4.48. The number of aromatic nitrogens is 2. The van der Waals surface area contributed by atoms with E-state index in [4.69, 9.17) is 5.84 Å². The zero-order chi connectivity index (χ0) is 12.6. The van der Waals surface area contributed by atoms with Crippen molar-refractivity contribution in [1.82, 2.24) is 15.4 Å². The number of nitrogens with two attached hydrogens (primary N) is 1. The summed E-state index contributed by atoms with van der Waals surface area (Å²) in [5.74, 6) is 4.24. The van der Waals surface area contributed by atoms with E-state index in [9.17, 15) is 18.0 Å². The lowest BCUT2D eigenvalue weighted by atomic mass is 10.1. The third-order valence-electron chi connectivity index (χ3n) is 2.23. The summed E-state index contributed by atoms with van der Waals surface area (Å²) in [7, 11) is 0. The van der Waals surface area contributed by atoms with Crippen molar-refractivity contribution in [2.24, 2.45) is 5.84 Å². The van der Waals surface area contributed by atoms with Gasteiger partial charge in [0, 0.05) is 17.8 Å². The van der Waals surface area contributed by atoms with E-state index in [0.29, 0.717) is 6.20 Å². The number of hydrazine groups is 1.